The summed E-state index contributed by atoms with van der Waals surface area (Å²) in [5.74, 6) is 1.26. The molecule has 22 heavy (non-hydrogen) atoms. The molecule has 1 aliphatic rings. The van der Waals surface area contributed by atoms with Gasteiger partial charge in [-0.2, -0.15) is 0 Å². The molecule has 1 heterocycles. The average molecular weight is 322 g/mol. The van der Waals surface area contributed by atoms with E-state index in [1.54, 1.807) is 18.2 Å². The molecule has 1 aliphatic heterocycles. The number of halogens is 1. The summed E-state index contributed by atoms with van der Waals surface area (Å²) in [4.78, 5) is 14.0. The second-order valence-corrected chi connectivity index (χ2v) is 7.46. The number of amides is 1. The molecule has 3 nitrogen and oxygen atoms in total. The van der Waals surface area contributed by atoms with E-state index in [1.165, 1.54) is 0 Å². The van der Waals surface area contributed by atoms with Crippen LogP contribution in [0, 0.1) is 5.41 Å². The van der Waals surface area contributed by atoms with Gasteiger partial charge in [-0.1, -0.05) is 44.5 Å². The number of hydrogen-bond acceptors (Lipinski definition) is 2. The second kappa shape index (κ2) is 6.74. The number of carbonyl (C=O) groups excluding carboxylic acids is 1. The summed E-state index contributed by atoms with van der Waals surface area (Å²) < 4.78 is 5.77. The molecule has 2 rings (SSSR count). The van der Waals surface area contributed by atoms with Gasteiger partial charge in [0.1, 0.15) is 11.5 Å². The van der Waals surface area contributed by atoms with E-state index in [9.17, 15) is 4.79 Å². The Labute approximate surface area is 137 Å². The van der Waals surface area contributed by atoms with E-state index in [1.807, 2.05) is 17.0 Å². The predicted molar refractivity (Wildman–Crippen MR) is 90.0 cm³/mol. The predicted octanol–water partition coefficient (Wildman–Crippen LogP) is 4.66. The van der Waals surface area contributed by atoms with Gasteiger partial charge in [-0.25, -0.2) is 0 Å². The van der Waals surface area contributed by atoms with Crippen LogP contribution in [-0.2, 0) is 4.79 Å². The zero-order valence-corrected chi connectivity index (χ0v) is 14.5. The largest absolute Gasteiger partial charge is 0.458 e. The SMILES string of the molecule is CC(CCC(C)(C)C)N1CC(Oc2ccccc2Cl)=CC1=O. The summed E-state index contributed by atoms with van der Waals surface area (Å²) in [6.07, 6.45) is 3.64. The molecule has 0 saturated carbocycles. The summed E-state index contributed by atoms with van der Waals surface area (Å²) in [5.41, 5.74) is 0.279. The lowest BCUT2D eigenvalue weighted by Crippen LogP contribution is -2.35. The van der Waals surface area contributed by atoms with Gasteiger partial charge in [-0.05, 0) is 37.3 Å². The standard InChI is InChI=1S/C18H24ClNO2/c1-13(9-10-18(2,3)4)20-12-14(11-17(20)21)22-16-8-6-5-7-15(16)19/h5-8,11,13H,9-10,12H2,1-4H3. The summed E-state index contributed by atoms with van der Waals surface area (Å²) >= 11 is 6.09. The maximum absolute atomic E-state index is 12.2. The van der Waals surface area contributed by atoms with Gasteiger partial charge in [0.2, 0.25) is 0 Å². The van der Waals surface area contributed by atoms with Crippen molar-refractivity contribution in [2.24, 2.45) is 5.41 Å². The molecular weight excluding hydrogens is 298 g/mol. The molecule has 1 amide bonds. The van der Waals surface area contributed by atoms with Crippen LogP contribution in [-0.4, -0.2) is 23.4 Å². The second-order valence-electron chi connectivity index (χ2n) is 7.06. The maximum atomic E-state index is 12.2. The monoisotopic (exact) mass is 321 g/mol. The lowest BCUT2D eigenvalue weighted by Gasteiger charge is -2.27. The minimum Gasteiger partial charge on any atom is -0.458 e. The zero-order valence-electron chi connectivity index (χ0n) is 13.7. The quantitative estimate of drug-likeness (QED) is 0.789. The van der Waals surface area contributed by atoms with E-state index in [0.717, 1.165) is 12.8 Å². The minimum absolute atomic E-state index is 0.0171. The Morgan fingerprint density at radius 1 is 1.32 bits per heavy atom. The first-order valence-corrected chi connectivity index (χ1v) is 8.07. The lowest BCUT2D eigenvalue weighted by atomic mass is 9.89. The van der Waals surface area contributed by atoms with Gasteiger partial charge in [0.05, 0.1) is 11.6 Å². The van der Waals surface area contributed by atoms with Crippen molar-refractivity contribution in [3.8, 4) is 5.75 Å². The van der Waals surface area contributed by atoms with Crippen LogP contribution in [0.5, 0.6) is 5.75 Å². The summed E-state index contributed by atoms with van der Waals surface area (Å²) in [6.45, 7) is 9.26. The third kappa shape index (κ3) is 4.51. The maximum Gasteiger partial charge on any atom is 0.250 e. The van der Waals surface area contributed by atoms with Crippen LogP contribution in [0.3, 0.4) is 0 Å². The molecular formula is C18H24ClNO2. The molecule has 1 aromatic carbocycles. The Kier molecular flexibility index (Phi) is 5.17. The highest BCUT2D eigenvalue weighted by Gasteiger charge is 2.28. The van der Waals surface area contributed by atoms with Crippen LogP contribution in [0.15, 0.2) is 36.1 Å². The third-order valence-electron chi connectivity index (χ3n) is 3.82. The van der Waals surface area contributed by atoms with Crippen molar-refractivity contribution >= 4 is 17.5 Å². The van der Waals surface area contributed by atoms with Crippen LogP contribution in [0.4, 0.5) is 0 Å². The Balaban J connectivity index is 1.95. The molecule has 4 heteroatoms. The Bertz CT molecular complexity index is 575. The molecule has 0 bridgehead atoms. The fourth-order valence-corrected chi connectivity index (χ4v) is 2.59. The van der Waals surface area contributed by atoms with E-state index in [2.05, 4.69) is 27.7 Å². The molecule has 0 N–H and O–H groups in total. The molecule has 1 atom stereocenters. The van der Waals surface area contributed by atoms with Gasteiger partial charge in [-0.15, -0.1) is 0 Å². The average Bonchev–Trinajstić information content (AvgIpc) is 2.79. The molecule has 0 aromatic heterocycles. The molecule has 0 spiro atoms. The van der Waals surface area contributed by atoms with Crippen molar-refractivity contribution < 1.29 is 9.53 Å². The highest BCUT2D eigenvalue weighted by molar-refractivity contribution is 6.32. The normalized spacial score (nSPS) is 16.7. The van der Waals surface area contributed by atoms with Crippen LogP contribution < -0.4 is 4.74 Å². The molecule has 0 radical (unpaired) electrons. The zero-order chi connectivity index (χ0) is 16.3. The number of carbonyl (C=O) groups is 1. The fourth-order valence-electron chi connectivity index (χ4n) is 2.41. The van der Waals surface area contributed by atoms with Gasteiger partial charge in [0.15, 0.2) is 0 Å². The van der Waals surface area contributed by atoms with E-state index in [0.29, 0.717) is 23.1 Å². The van der Waals surface area contributed by atoms with E-state index < -0.39 is 0 Å². The summed E-state index contributed by atoms with van der Waals surface area (Å²) in [5, 5.41) is 0.551. The smallest absolute Gasteiger partial charge is 0.250 e. The number of nitrogens with zero attached hydrogens (tertiary/aromatic N) is 1. The van der Waals surface area contributed by atoms with Crippen molar-refractivity contribution in [1.82, 2.24) is 4.90 Å². The van der Waals surface area contributed by atoms with Gasteiger partial charge in [0.25, 0.3) is 5.91 Å². The van der Waals surface area contributed by atoms with Crippen molar-refractivity contribution in [2.75, 3.05) is 6.54 Å². The van der Waals surface area contributed by atoms with E-state index >= 15 is 0 Å². The number of benzene rings is 1. The first-order chi connectivity index (χ1) is 10.3. The molecule has 0 aliphatic carbocycles. The highest BCUT2D eigenvalue weighted by atomic mass is 35.5. The number of ether oxygens (including phenoxy) is 1. The first kappa shape index (κ1) is 16.9. The van der Waals surface area contributed by atoms with Crippen LogP contribution in [0.1, 0.15) is 40.5 Å². The van der Waals surface area contributed by atoms with Gasteiger partial charge in [-0.3, -0.25) is 4.79 Å². The lowest BCUT2D eigenvalue weighted by molar-refractivity contribution is -0.126. The van der Waals surface area contributed by atoms with Gasteiger partial charge >= 0.3 is 0 Å². The van der Waals surface area contributed by atoms with E-state index in [-0.39, 0.29) is 17.4 Å². The first-order valence-electron chi connectivity index (χ1n) is 7.70. The Morgan fingerprint density at radius 2 is 2.00 bits per heavy atom. The topological polar surface area (TPSA) is 29.5 Å². The fraction of sp³-hybridized carbons (Fsp3) is 0.500. The minimum atomic E-state index is 0.0171. The Morgan fingerprint density at radius 3 is 2.64 bits per heavy atom. The van der Waals surface area contributed by atoms with Gasteiger partial charge < -0.3 is 9.64 Å². The third-order valence-corrected chi connectivity index (χ3v) is 4.13. The van der Waals surface area contributed by atoms with Crippen molar-refractivity contribution in [3.63, 3.8) is 0 Å². The summed E-state index contributed by atoms with van der Waals surface area (Å²) in [7, 11) is 0. The van der Waals surface area contributed by atoms with Crippen LogP contribution in [0.25, 0.3) is 0 Å². The number of hydrogen-bond donors (Lipinski definition) is 0. The van der Waals surface area contributed by atoms with Crippen molar-refractivity contribution in [1.29, 1.82) is 0 Å². The molecule has 0 fully saturated rings. The molecule has 120 valence electrons. The Hall–Kier alpha value is -1.48. The highest BCUT2D eigenvalue weighted by Crippen LogP contribution is 2.28. The van der Waals surface area contributed by atoms with Crippen molar-refractivity contribution in [2.45, 2.75) is 46.6 Å². The van der Waals surface area contributed by atoms with Crippen molar-refractivity contribution in [3.05, 3.63) is 41.1 Å². The summed E-state index contributed by atoms with van der Waals surface area (Å²) in [6, 6.07) is 7.50. The van der Waals surface area contributed by atoms with Crippen LogP contribution >= 0.6 is 11.6 Å². The number of para-hydroxylation sites is 1. The molecule has 1 unspecified atom stereocenters. The molecule has 0 saturated heterocycles. The van der Waals surface area contributed by atoms with Crippen LogP contribution in [0.2, 0.25) is 5.02 Å². The van der Waals surface area contributed by atoms with Gasteiger partial charge in [0, 0.05) is 12.1 Å². The van der Waals surface area contributed by atoms with E-state index in [4.69, 9.17) is 16.3 Å². The number of rotatable bonds is 5. The molecule has 1 aromatic rings.